The zero-order valence-corrected chi connectivity index (χ0v) is 12.9. The summed E-state index contributed by atoms with van der Waals surface area (Å²) in [6.07, 6.45) is -0.514. The molecule has 0 aliphatic carbocycles. The molecule has 1 atom stereocenters. The molecule has 6 nitrogen and oxygen atoms in total. The predicted molar refractivity (Wildman–Crippen MR) is 77.7 cm³/mol. The van der Waals surface area contributed by atoms with Crippen LogP contribution in [0.5, 0.6) is 0 Å². The molecule has 128 valence electrons. The Labute approximate surface area is 134 Å². The smallest absolute Gasteiger partial charge is 0.475 e. The second-order valence-corrected chi connectivity index (χ2v) is 5.88. The highest BCUT2D eigenvalue weighted by Crippen LogP contribution is 2.26. The van der Waals surface area contributed by atoms with Gasteiger partial charge in [-0.25, -0.2) is 4.79 Å². The van der Waals surface area contributed by atoms with Gasteiger partial charge in [-0.15, -0.1) is 0 Å². The zero-order chi connectivity index (χ0) is 17.5. The van der Waals surface area contributed by atoms with Crippen LogP contribution in [0.1, 0.15) is 19.1 Å². The van der Waals surface area contributed by atoms with Crippen LogP contribution in [0.15, 0.2) is 22.4 Å². The van der Waals surface area contributed by atoms with Gasteiger partial charge in [0, 0.05) is 24.8 Å². The SMILES string of the molecule is CC(=O)SC1CCNCC1=Cc1ccno1.O=C(O)C(F)(F)F. The van der Waals surface area contributed by atoms with Crippen LogP contribution in [-0.2, 0) is 9.59 Å². The number of carbonyl (C=O) groups is 2. The lowest BCUT2D eigenvalue weighted by Crippen LogP contribution is -2.32. The van der Waals surface area contributed by atoms with Gasteiger partial charge in [0.1, 0.15) is 0 Å². The van der Waals surface area contributed by atoms with Crippen LogP contribution in [0.25, 0.3) is 6.08 Å². The molecule has 23 heavy (non-hydrogen) atoms. The number of piperidine rings is 1. The summed E-state index contributed by atoms with van der Waals surface area (Å²) in [5.74, 6) is -2.01. The van der Waals surface area contributed by atoms with Crippen molar-refractivity contribution in [3.63, 3.8) is 0 Å². The number of carbonyl (C=O) groups excluding carboxylic acids is 1. The van der Waals surface area contributed by atoms with Gasteiger partial charge in [-0.2, -0.15) is 13.2 Å². The van der Waals surface area contributed by atoms with Crippen molar-refractivity contribution in [3.8, 4) is 0 Å². The van der Waals surface area contributed by atoms with Crippen molar-refractivity contribution in [1.29, 1.82) is 0 Å². The molecule has 2 heterocycles. The first-order valence-corrected chi connectivity index (χ1v) is 7.37. The van der Waals surface area contributed by atoms with E-state index in [9.17, 15) is 18.0 Å². The van der Waals surface area contributed by atoms with Crippen molar-refractivity contribution < 1.29 is 32.4 Å². The predicted octanol–water partition coefficient (Wildman–Crippen LogP) is 2.33. The lowest BCUT2D eigenvalue weighted by Gasteiger charge is -2.24. The number of carboxylic acids is 1. The third kappa shape index (κ3) is 7.33. The molecule has 1 fully saturated rings. The van der Waals surface area contributed by atoms with Crippen molar-refractivity contribution in [2.24, 2.45) is 0 Å². The number of rotatable bonds is 2. The van der Waals surface area contributed by atoms with E-state index in [1.165, 1.54) is 17.3 Å². The third-order valence-electron chi connectivity index (χ3n) is 2.66. The Kier molecular flexibility index (Phi) is 7.30. The quantitative estimate of drug-likeness (QED) is 0.844. The first-order valence-electron chi connectivity index (χ1n) is 6.49. The number of hydrogen-bond donors (Lipinski definition) is 2. The number of aliphatic carboxylic acids is 1. The number of alkyl halides is 3. The first kappa shape index (κ1) is 19.2. The van der Waals surface area contributed by atoms with Gasteiger partial charge >= 0.3 is 12.1 Å². The maximum atomic E-state index is 11.1. The maximum Gasteiger partial charge on any atom is 0.490 e. The van der Waals surface area contributed by atoms with Gasteiger partial charge in [0.05, 0.1) is 6.20 Å². The van der Waals surface area contributed by atoms with Crippen LogP contribution in [0.2, 0.25) is 0 Å². The lowest BCUT2D eigenvalue weighted by molar-refractivity contribution is -0.192. The van der Waals surface area contributed by atoms with E-state index in [0.29, 0.717) is 0 Å². The zero-order valence-electron chi connectivity index (χ0n) is 12.1. The fourth-order valence-electron chi connectivity index (χ4n) is 1.73. The van der Waals surface area contributed by atoms with Crippen molar-refractivity contribution >= 4 is 28.9 Å². The molecule has 1 saturated heterocycles. The van der Waals surface area contributed by atoms with Crippen LogP contribution >= 0.6 is 11.8 Å². The van der Waals surface area contributed by atoms with Crippen LogP contribution in [0, 0.1) is 0 Å². The van der Waals surface area contributed by atoms with E-state index >= 15 is 0 Å². The van der Waals surface area contributed by atoms with Gasteiger partial charge in [0.25, 0.3) is 0 Å². The minimum Gasteiger partial charge on any atom is -0.475 e. The molecule has 0 aromatic carbocycles. The summed E-state index contributed by atoms with van der Waals surface area (Å²) in [5, 5.41) is 14.5. The summed E-state index contributed by atoms with van der Waals surface area (Å²) in [5.41, 5.74) is 1.20. The maximum absolute atomic E-state index is 11.1. The number of hydrogen-bond acceptors (Lipinski definition) is 6. The van der Waals surface area contributed by atoms with Gasteiger partial charge in [-0.3, -0.25) is 4.79 Å². The van der Waals surface area contributed by atoms with E-state index in [0.717, 1.165) is 25.3 Å². The van der Waals surface area contributed by atoms with Crippen LogP contribution in [-0.4, -0.2) is 45.9 Å². The monoisotopic (exact) mass is 352 g/mol. The van der Waals surface area contributed by atoms with E-state index in [1.807, 2.05) is 12.1 Å². The number of nitrogens with one attached hydrogen (secondary N) is 1. The number of halogens is 3. The molecule has 2 rings (SSSR count). The molecule has 0 bridgehead atoms. The van der Waals surface area contributed by atoms with Crippen molar-refractivity contribution in [1.82, 2.24) is 10.5 Å². The highest BCUT2D eigenvalue weighted by molar-refractivity contribution is 8.14. The average molecular weight is 352 g/mol. The van der Waals surface area contributed by atoms with Gasteiger partial charge in [-0.1, -0.05) is 16.9 Å². The Balaban J connectivity index is 0.000000322. The first-order chi connectivity index (χ1) is 10.7. The van der Waals surface area contributed by atoms with Gasteiger partial charge < -0.3 is 14.9 Å². The van der Waals surface area contributed by atoms with Gasteiger partial charge in [0.2, 0.25) is 0 Å². The molecule has 1 aliphatic rings. The summed E-state index contributed by atoms with van der Waals surface area (Å²) in [4.78, 5) is 20.0. The number of aromatic nitrogens is 1. The molecule has 1 aromatic heterocycles. The molecule has 0 spiro atoms. The summed E-state index contributed by atoms with van der Waals surface area (Å²) in [6, 6.07) is 1.82. The Morgan fingerprint density at radius 3 is 2.65 bits per heavy atom. The van der Waals surface area contributed by atoms with E-state index in [1.54, 1.807) is 13.1 Å². The topological polar surface area (TPSA) is 92.4 Å². The average Bonchev–Trinajstić information content (AvgIpc) is 2.93. The number of nitrogens with zero attached hydrogens (tertiary/aromatic N) is 1. The van der Waals surface area contributed by atoms with E-state index in [-0.39, 0.29) is 10.4 Å². The fraction of sp³-hybridized carbons (Fsp3) is 0.462. The summed E-state index contributed by atoms with van der Waals surface area (Å²) in [6.45, 7) is 3.38. The molecule has 1 aromatic rings. The molecule has 1 aliphatic heterocycles. The Hall–Kier alpha value is -1.81. The van der Waals surface area contributed by atoms with E-state index < -0.39 is 12.1 Å². The molecule has 0 saturated carbocycles. The number of carboxylic acid groups (broad SMARTS) is 1. The molecule has 1 unspecified atom stereocenters. The second-order valence-electron chi connectivity index (χ2n) is 4.50. The minimum absolute atomic E-state index is 0.162. The number of thioether (sulfide) groups is 1. The van der Waals surface area contributed by atoms with E-state index in [2.05, 4.69) is 10.5 Å². The summed E-state index contributed by atoms with van der Waals surface area (Å²) in [7, 11) is 0. The van der Waals surface area contributed by atoms with Crippen molar-refractivity contribution in [2.75, 3.05) is 13.1 Å². The van der Waals surface area contributed by atoms with Crippen molar-refractivity contribution in [3.05, 3.63) is 23.6 Å². The Morgan fingerprint density at radius 2 is 2.17 bits per heavy atom. The molecular formula is C13H15F3N2O4S. The summed E-state index contributed by atoms with van der Waals surface area (Å²) >= 11 is 1.40. The van der Waals surface area contributed by atoms with Gasteiger partial charge in [0.15, 0.2) is 10.9 Å². The highest BCUT2D eigenvalue weighted by Gasteiger charge is 2.38. The van der Waals surface area contributed by atoms with Gasteiger partial charge in [-0.05, 0) is 24.6 Å². The molecule has 10 heteroatoms. The fourth-order valence-corrected chi connectivity index (χ4v) is 2.67. The van der Waals surface area contributed by atoms with Crippen molar-refractivity contribution in [2.45, 2.75) is 24.8 Å². The van der Waals surface area contributed by atoms with Crippen LogP contribution in [0.4, 0.5) is 13.2 Å². The second kappa shape index (κ2) is 8.73. The molecular weight excluding hydrogens is 337 g/mol. The largest absolute Gasteiger partial charge is 0.490 e. The minimum atomic E-state index is -5.08. The van der Waals surface area contributed by atoms with E-state index in [4.69, 9.17) is 14.4 Å². The highest BCUT2D eigenvalue weighted by atomic mass is 32.2. The van der Waals surface area contributed by atoms with Crippen LogP contribution in [0.3, 0.4) is 0 Å². The standard InChI is InChI=1S/C11H14N2O2S.C2HF3O2/c1-8(14)16-11-3-4-12-7-9(11)6-10-2-5-13-15-10;3-2(4,5)1(6)7/h2,5-6,11-12H,3-4,7H2,1H3;(H,6,7). The molecule has 2 N–H and O–H groups in total. The molecule has 0 amide bonds. The lowest BCUT2D eigenvalue weighted by atomic mass is 10.1. The summed E-state index contributed by atoms with van der Waals surface area (Å²) < 4.78 is 36.8. The Bertz CT molecular complexity index is 558. The third-order valence-corrected chi connectivity index (χ3v) is 3.82. The normalized spacial score (nSPS) is 19.8. The Morgan fingerprint density at radius 1 is 1.52 bits per heavy atom. The molecule has 0 radical (unpaired) electrons. The van der Waals surface area contributed by atoms with Crippen LogP contribution < -0.4 is 5.32 Å².